The average Bonchev–Trinajstić information content (AvgIpc) is 2.49. The Bertz CT molecular complexity index is 632. The van der Waals surface area contributed by atoms with Gasteiger partial charge in [-0.15, -0.1) is 0 Å². The highest BCUT2D eigenvalue weighted by Gasteiger charge is 2.01. The van der Waals surface area contributed by atoms with Crippen LogP contribution >= 0.6 is 35.4 Å². The summed E-state index contributed by atoms with van der Waals surface area (Å²) in [6.45, 7) is 0.568. The summed E-state index contributed by atoms with van der Waals surface area (Å²) in [5, 5.41) is 7.81. The molecule has 0 amide bonds. The molecule has 6 heteroatoms. The molecule has 0 bridgehead atoms. The van der Waals surface area contributed by atoms with Gasteiger partial charge in [-0.1, -0.05) is 29.3 Å². The van der Waals surface area contributed by atoms with E-state index in [0.717, 1.165) is 17.0 Å². The van der Waals surface area contributed by atoms with E-state index in [9.17, 15) is 0 Å². The second-order valence-corrected chi connectivity index (χ2v) is 5.51. The zero-order chi connectivity index (χ0) is 15.2. The third kappa shape index (κ3) is 4.77. The van der Waals surface area contributed by atoms with Gasteiger partial charge in [-0.2, -0.15) is 0 Å². The van der Waals surface area contributed by atoms with Crippen LogP contribution in [0, 0.1) is 0 Å². The molecular formula is C15H14Cl2N2OS. The van der Waals surface area contributed by atoms with E-state index in [0.29, 0.717) is 21.7 Å². The van der Waals surface area contributed by atoms with Crippen molar-refractivity contribution in [2.24, 2.45) is 0 Å². The van der Waals surface area contributed by atoms with E-state index >= 15 is 0 Å². The molecule has 3 nitrogen and oxygen atoms in total. The largest absolute Gasteiger partial charge is 0.497 e. The average molecular weight is 341 g/mol. The molecule has 0 aromatic heterocycles. The summed E-state index contributed by atoms with van der Waals surface area (Å²) in [6.07, 6.45) is 0. The summed E-state index contributed by atoms with van der Waals surface area (Å²) in [5.74, 6) is 0.801. The Kier molecular flexibility index (Phi) is 5.67. The Morgan fingerprint density at radius 2 is 1.81 bits per heavy atom. The first-order valence-electron chi connectivity index (χ1n) is 6.21. The molecule has 2 rings (SSSR count). The Morgan fingerprint density at radius 3 is 2.43 bits per heavy atom. The topological polar surface area (TPSA) is 33.3 Å². The van der Waals surface area contributed by atoms with Crippen LogP contribution < -0.4 is 15.4 Å². The van der Waals surface area contributed by atoms with Crippen LogP contribution in [0.5, 0.6) is 5.75 Å². The summed E-state index contributed by atoms with van der Waals surface area (Å²) >= 11 is 17.1. The molecule has 0 fully saturated rings. The molecule has 0 unspecified atom stereocenters. The van der Waals surface area contributed by atoms with Gasteiger partial charge in [-0.05, 0) is 54.2 Å². The molecule has 110 valence electrons. The number of ether oxygens (including phenoxy) is 1. The van der Waals surface area contributed by atoms with Gasteiger partial charge in [0.15, 0.2) is 5.11 Å². The lowest BCUT2D eigenvalue weighted by Gasteiger charge is -2.11. The minimum atomic E-state index is 0.532. The second-order valence-electron chi connectivity index (χ2n) is 4.28. The van der Waals surface area contributed by atoms with E-state index in [1.165, 1.54) is 0 Å². The zero-order valence-electron chi connectivity index (χ0n) is 11.3. The number of hydrogen-bond acceptors (Lipinski definition) is 2. The Labute approximate surface area is 139 Å². The maximum atomic E-state index is 5.97. The van der Waals surface area contributed by atoms with Crippen LogP contribution in [0.2, 0.25) is 10.0 Å². The van der Waals surface area contributed by atoms with Crippen molar-refractivity contribution in [2.75, 3.05) is 12.4 Å². The molecule has 0 saturated carbocycles. The summed E-state index contributed by atoms with van der Waals surface area (Å²) < 4.78 is 5.10. The molecule has 0 aliphatic carbocycles. The number of rotatable bonds is 4. The standard InChI is InChI=1S/C15H14Cl2N2OS/c1-20-12-5-3-11(4-6-12)19-15(21)18-9-10-2-7-13(16)14(17)8-10/h2-8H,9H2,1H3,(H2,18,19,21). The van der Waals surface area contributed by atoms with Gasteiger partial charge in [-0.25, -0.2) is 0 Å². The van der Waals surface area contributed by atoms with Gasteiger partial charge in [0, 0.05) is 12.2 Å². The van der Waals surface area contributed by atoms with E-state index in [-0.39, 0.29) is 0 Å². The summed E-state index contributed by atoms with van der Waals surface area (Å²) in [6, 6.07) is 13.0. The van der Waals surface area contributed by atoms with Crippen LogP contribution in [-0.4, -0.2) is 12.2 Å². The molecule has 21 heavy (non-hydrogen) atoms. The first kappa shape index (κ1) is 15.9. The molecule has 2 aromatic rings. The molecule has 2 aromatic carbocycles. The van der Waals surface area contributed by atoms with E-state index in [1.807, 2.05) is 36.4 Å². The number of hydrogen-bond donors (Lipinski definition) is 2. The highest BCUT2D eigenvalue weighted by molar-refractivity contribution is 7.80. The van der Waals surface area contributed by atoms with Crippen LogP contribution in [-0.2, 0) is 6.54 Å². The van der Waals surface area contributed by atoms with E-state index in [1.54, 1.807) is 13.2 Å². The number of methoxy groups -OCH3 is 1. The van der Waals surface area contributed by atoms with Gasteiger partial charge in [0.25, 0.3) is 0 Å². The lowest BCUT2D eigenvalue weighted by atomic mass is 10.2. The second kappa shape index (κ2) is 7.50. The van der Waals surface area contributed by atoms with Crippen molar-refractivity contribution < 1.29 is 4.74 Å². The third-order valence-electron chi connectivity index (χ3n) is 2.78. The molecule has 0 radical (unpaired) electrons. The van der Waals surface area contributed by atoms with Crippen LogP contribution in [0.25, 0.3) is 0 Å². The lowest BCUT2D eigenvalue weighted by Crippen LogP contribution is -2.27. The monoisotopic (exact) mass is 340 g/mol. The Hall–Kier alpha value is -1.49. The number of anilines is 1. The predicted molar refractivity (Wildman–Crippen MR) is 92.5 cm³/mol. The third-order valence-corrected chi connectivity index (χ3v) is 3.77. The maximum Gasteiger partial charge on any atom is 0.171 e. The van der Waals surface area contributed by atoms with Crippen molar-refractivity contribution in [2.45, 2.75) is 6.54 Å². The van der Waals surface area contributed by atoms with Crippen molar-refractivity contribution >= 4 is 46.2 Å². The van der Waals surface area contributed by atoms with Crippen molar-refractivity contribution in [1.82, 2.24) is 5.32 Å². The Morgan fingerprint density at radius 1 is 1.10 bits per heavy atom. The smallest absolute Gasteiger partial charge is 0.171 e. The molecule has 0 aliphatic heterocycles. The normalized spacial score (nSPS) is 10.0. The zero-order valence-corrected chi connectivity index (χ0v) is 13.6. The van der Waals surface area contributed by atoms with Gasteiger partial charge in [0.05, 0.1) is 17.2 Å². The molecule has 2 N–H and O–H groups in total. The van der Waals surface area contributed by atoms with Crippen molar-refractivity contribution in [1.29, 1.82) is 0 Å². The number of nitrogens with one attached hydrogen (secondary N) is 2. The van der Waals surface area contributed by atoms with E-state index in [4.69, 9.17) is 40.2 Å². The fourth-order valence-electron chi connectivity index (χ4n) is 1.68. The van der Waals surface area contributed by atoms with E-state index < -0.39 is 0 Å². The first-order chi connectivity index (χ1) is 10.1. The van der Waals surface area contributed by atoms with E-state index in [2.05, 4.69) is 10.6 Å². The molecule has 0 saturated heterocycles. The highest BCUT2D eigenvalue weighted by Crippen LogP contribution is 2.22. The Balaban J connectivity index is 1.87. The van der Waals surface area contributed by atoms with Crippen LogP contribution in [0.3, 0.4) is 0 Å². The summed E-state index contributed by atoms with van der Waals surface area (Å²) in [5.41, 5.74) is 1.89. The first-order valence-corrected chi connectivity index (χ1v) is 7.38. The number of thiocarbonyl (C=S) groups is 1. The number of benzene rings is 2. The number of halogens is 2. The fourth-order valence-corrected chi connectivity index (χ4v) is 2.19. The maximum absolute atomic E-state index is 5.97. The van der Waals surface area contributed by atoms with Gasteiger partial charge in [0.2, 0.25) is 0 Å². The SMILES string of the molecule is COc1ccc(NC(=S)NCc2ccc(Cl)c(Cl)c2)cc1. The van der Waals surface area contributed by atoms with Crippen LogP contribution in [0.4, 0.5) is 5.69 Å². The van der Waals surface area contributed by atoms with Gasteiger partial charge >= 0.3 is 0 Å². The molecule has 0 atom stereocenters. The van der Waals surface area contributed by atoms with Crippen molar-refractivity contribution in [3.63, 3.8) is 0 Å². The summed E-state index contributed by atoms with van der Waals surface area (Å²) in [7, 11) is 1.63. The highest BCUT2D eigenvalue weighted by atomic mass is 35.5. The lowest BCUT2D eigenvalue weighted by molar-refractivity contribution is 0.415. The molecule has 0 heterocycles. The van der Waals surface area contributed by atoms with Crippen molar-refractivity contribution in [3.8, 4) is 5.75 Å². The summed E-state index contributed by atoms with van der Waals surface area (Å²) in [4.78, 5) is 0. The molecule has 0 spiro atoms. The molecule has 0 aliphatic rings. The van der Waals surface area contributed by atoms with Crippen LogP contribution in [0.15, 0.2) is 42.5 Å². The quantitative estimate of drug-likeness (QED) is 0.803. The molecular weight excluding hydrogens is 327 g/mol. The minimum Gasteiger partial charge on any atom is -0.497 e. The van der Waals surface area contributed by atoms with Gasteiger partial charge in [-0.3, -0.25) is 0 Å². The van der Waals surface area contributed by atoms with Crippen molar-refractivity contribution in [3.05, 3.63) is 58.1 Å². The van der Waals surface area contributed by atoms with Crippen LogP contribution in [0.1, 0.15) is 5.56 Å². The van der Waals surface area contributed by atoms with Gasteiger partial charge < -0.3 is 15.4 Å². The fraction of sp³-hybridized carbons (Fsp3) is 0.133. The minimum absolute atomic E-state index is 0.532. The van der Waals surface area contributed by atoms with Gasteiger partial charge in [0.1, 0.15) is 5.75 Å². The predicted octanol–water partition coefficient (Wildman–Crippen LogP) is 4.49.